The van der Waals surface area contributed by atoms with E-state index < -0.39 is 22.0 Å². The van der Waals surface area contributed by atoms with Crippen LogP contribution in [0.4, 0.5) is 11.4 Å². The number of benzene rings is 2. The standard InChI is InChI=1S/C23H29N3O4S/c1-5-21(27)26-13-12-17-14-19(10-11-20(17)26)31(29,30)25-22(15(2)3)23(28)24-18-8-6-16(4)7-9-18/h6-11,14-15,22,25H,5,12-13H2,1-4H3,(H,24,28)/t22-/m1/s1. The van der Waals surface area contributed by atoms with Gasteiger partial charge in [0, 0.05) is 24.3 Å². The lowest BCUT2D eigenvalue weighted by Crippen LogP contribution is -2.47. The van der Waals surface area contributed by atoms with Gasteiger partial charge in [-0.2, -0.15) is 4.72 Å². The van der Waals surface area contributed by atoms with Crippen LogP contribution < -0.4 is 14.9 Å². The van der Waals surface area contributed by atoms with Crippen molar-refractivity contribution in [3.63, 3.8) is 0 Å². The monoisotopic (exact) mass is 443 g/mol. The van der Waals surface area contributed by atoms with Gasteiger partial charge in [-0.25, -0.2) is 8.42 Å². The van der Waals surface area contributed by atoms with E-state index in [4.69, 9.17) is 0 Å². The molecule has 1 aliphatic rings. The summed E-state index contributed by atoms with van der Waals surface area (Å²) in [5.41, 5.74) is 3.24. The number of anilines is 2. The first-order chi connectivity index (χ1) is 14.6. The van der Waals surface area contributed by atoms with Gasteiger partial charge in [0.2, 0.25) is 21.8 Å². The predicted molar refractivity (Wildman–Crippen MR) is 122 cm³/mol. The highest BCUT2D eigenvalue weighted by Crippen LogP contribution is 2.30. The fraction of sp³-hybridized carbons (Fsp3) is 0.391. The van der Waals surface area contributed by atoms with Gasteiger partial charge in [0.15, 0.2) is 0 Å². The fourth-order valence-corrected chi connectivity index (χ4v) is 4.97. The van der Waals surface area contributed by atoms with Crippen LogP contribution in [0.15, 0.2) is 47.4 Å². The second-order valence-electron chi connectivity index (χ2n) is 8.14. The van der Waals surface area contributed by atoms with E-state index in [0.29, 0.717) is 25.1 Å². The summed E-state index contributed by atoms with van der Waals surface area (Å²) in [5.74, 6) is -0.657. The molecule has 0 bridgehead atoms. The van der Waals surface area contributed by atoms with Gasteiger partial charge < -0.3 is 10.2 Å². The Morgan fingerprint density at radius 1 is 1.10 bits per heavy atom. The summed E-state index contributed by atoms with van der Waals surface area (Å²) in [6.45, 7) is 7.88. The molecular weight excluding hydrogens is 414 g/mol. The minimum atomic E-state index is -3.93. The number of carbonyl (C=O) groups excluding carboxylic acids is 2. The zero-order valence-electron chi connectivity index (χ0n) is 18.3. The van der Waals surface area contributed by atoms with E-state index in [0.717, 1.165) is 16.8 Å². The van der Waals surface area contributed by atoms with Crippen molar-refractivity contribution in [1.82, 2.24) is 4.72 Å². The number of hydrogen-bond acceptors (Lipinski definition) is 4. The van der Waals surface area contributed by atoms with Crippen LogP contribution in [0.3, 0.4) is 0 Å². The summed E-state index contributed by atoms with van der Waals surface area (Å²) in [6.07, 6.45) is 0.999. The number of sulfonamides is 1. The molecule has 2 N–H and O–H groups in total. The van der Waals surface area contributed by atoms with Gasteiger partial charge in [0.1, 0.15) is 6.04 Å². The summed E-state index contributed by atoms with van der Waals surface area (Å²) >= 11 is 0. The van der Waals surface area contributed by atoms with Crippen molar-refractivity contribution in [1.29, 1.82) is 0 Å². The molecular formula is C23H29N3O4S. The molecule has 0 fully saturated rings. The molecule has 7 nitrogen and oxygen atoms in total. The molecule has 2 aromatic carbocycles. The SMILES string of the molecule is CCC(=O)N1CCc2cc(S(=O)(=O)N[C@@H](C(=O)Nc3ccc(C)cc3)C(C)C)ccc21. The third kappa shape index (κ3) is 5.14. The third-order valence-corrected chi connectivity index (χ3v) is 6.85. The number of aryl methyl sites for hydroxylation is 1. The number of hydrogen-bond donors (Lipinski definition) is 2. The van der Waals surface area contributed by atoms with E-state index in [1.807, 2.05) is 19.1 Å². The summed E-state index contributed by atoms with van der Waals surface area (Å²) in [5, 5.41) is 2.78. The first-order valence-electron chi connectivity index (χ1n) is 10.5. The lowest BCUT2D eigenvalue weighted by Gasteiger charge is -2.22. The van der Waals surface area contributed by atoms with Crippen LogP contribution in [0.2, 0.25) is 0 Å². The van der Waals surface area contributed by atoms with Crippen molar-refractivity contribution < 1.29 is 18.0 Å². The number of nitrogens with zero attached hydrogens (tertiary/aromatic N) is 1. The van der Waals surface area contributed by atoms with Crippen LogP contribution in [0.25, 0.3) is 0 Å². The summed E-state index contributed by atoms with van der Waals surface area (Å²) in [4.78, 5) is 26.7. The van der Waals surface area contributed by atoms with Crippen molar-refractivity contribution in [2.24, 2.45) is 5.92 Å². The summed E-state index contributed by atoms with van der Waals surface area (Å²) in [6, 6.07) is 11.1. The maximum absolute atomic E-state index is 13.0. The number of nitrogens with one attached hydrogen (secondary N) is 2. The van der Waals surface area contributed by atoms with E-state index in [9.17, 15) is 18.0 Å². The van der Waals surface area contributed by atoms with Crippen LogP contribution in [0.5, 0.6) is 0 Å². The molecule has 0 aliphatic carbocycles. The van der Waals surface area contributed by atoms with E-state index >= 15 is 0 Å². The van der Waals surface area contributed by atoms with Crippen LogP contribution >= 0.6 is 0 Å². The molecule has 3 rings (SSSR count). The normalized spacial score (nSPS) is 14.4. The third-order valence-electron chi connectivity index (χ3n) is 5.41. The Hall–Kier alpha value is -2.71. The Labute approximate surface area is 183 Å². The highest BCUT2D eigenvalue weighted by Gasteiger charge is 2.30. The molecule has 0 saturated heterocycles. The number of fused-ring (bicyclic) bond motifs is 1. The Morgan fingerprint density at radius 3 is 2.39 bits per heavy atom. The van der Waals surface area contributed by atoms with E-state index in [-0.39, 0.29) is 16.7 Å². The molecule has 0 saturated carbocycles. The number of amides is 2. The smallest absolute Gasteiger partial charge is 0.242 e. The fourth-order valence-electron chi connectivity index (χ4n) is 3.58. The van der Waals surface area contributed by atoms with Gasteiger partial charge in [-0.1, -0.05) is 38.5 Å². The Balaban J connectivity index is 1.79. The van der Waals surface area contributed by atoms with Crippen LogP contribution in [-0.4, -0.2) is 32.8 Å². The van der Waals surface area contributed by atoms with Crippen molar-refractivity contribution in [3.8, 4) is 0 Å². The average Bonchev–Trinajstić information content (AvgIpc) is 3.16. The Morgan fingerprint density at radius 2 is 1.77 bits per heavy atom. The van der Waals surface area contributed by atoms with Gasteiger partial charge in [0.25, 0.3) is 0 Å². The Bertz CT molecular complexity index is 1080. The van der Waals surface area contributed by atoms with Crippen LogP contribution in [-0.2, 0) is 26.0 Å². The molecule has 0 spiro atoms. The predicted octanol–water partition coefficient (Wildman–Crippen LogP) is 3.24. The molecule has 166 valence electrons. The Kier molecular flexibility index (Phi) is 6.81. The first-order valence-corrected chi connectivity index (χ1v) is 11.9. The molecule has 31 heavy (non-hydrogen) atoms. The molecule has 0 unspecified atom stereocenters. The molecule has 0 radical (unpaired) electrons. The minimum Gasteiger partial charge on any atom is -0.325 e. The van der Waals surface area contributed by atoms with E-state index in [1.54, 1.807) is 49.9 Å². The highest BCUT2D eigenvalue weighted by atomic mass is 32.2. The average molecular weight is 444 g/mol. The number of carbonyl (C=O) groups is 2. The van der Waals surface area contributed by atoms with Crippen molar-refractivity contribution in [3.05, 3.63) is 53.6 Å². The van der Waals surface area contributed by atoms with Gasteiger partial charge >= 0.3 is 0 Å². The molecule has 8 heteroatoms. The second-order valence-corrected chi connectivity index (χ2v) is 9.85. The van der Waals surface area contributed by atoms with E-state index in [2.05, 4.69) is 10.0 Å². The number of rotatable bonds is 7. The van der Waals surface area contributed by atoms with Gasteiger partial charge in [-0.05, 0) is 55.2 Å². The summed E-state index contributed by atoms with van der Waals surface area (Å²) < 4.78 is 28.7. The highest BCUT2D eigenvalue weighted by molar-refractivity contribution is 7.89. The van der Waals surface area contributed by atoms with Crippen molar-refractivity contribution in [2.45, 2.75) is 51.5 Å². The zero-order chi connectivity index (χ0) is 22.8. The van der Waals surface area contributed by atoms with Crippen LogP contribution in [0, 0.1) is 12.8 Å². The molecule has 1 aliphatic heterocycles. The largest absolute Gasteiger partial charge is 0.325 e. The van der Waals surface area contributed by atoms with E-state index in [1.165, 1.54) is 6.07 Å². The van der Waals surface area contributed by atoms with Crippen molar-refractivity contribution in [2.75, 3.05) is 16.8 Å². The van der Waals surface area contributed by atoms with Gasteiger partial charge in [-0.3, -0.25) is 9.59 Å². The molecule has 1 atom stereocenters. The van der Waals surface area contributed by atoms with Gasteiger partial charge in [-0.15, -0.1) is 0 Å². The maximum atomic E-state index is 13.0. The quantitative estimate of drug-likeness (QED) is 0.687. The summed E-state index contributed by atoms with van der Waals surface area (Å²) in [7, 11) is -3.93. The molecule has 2 aromatic rings. The maximum Gasteiger partial charge on any atom is 0.242 e. The van der Waals surface area contributed by atoms with Crippen LogP contribution in [0.1, 0.15) is 38.3 Å². The second kappa shape index (κ2) is 9.20. The van der Waals surface area contributed by atoms with Gasteiger partial charge in [0.05, 0.1) is 4.90 Å². The molecule has 2 amide bonds. The minimum absolute atomic E-state index is 0.0140. The molecule has 1 heterocycles. The first kappa shape index (κ1) is 23.0. The van der Waals surface area contributed by atoms with Crippen molar-refractivity contribution >= 4 is 33.2 Å². The topological polar surface area (TPSA) is 95.6 Å². The molecule has 0 aromatic heterocycles. The lowest BCUT2D eigenvalue weighted by molar-refractivity contribution is -0.119. The lowest BCUT2D eigenvalue weighted by atomic mass is 10.0. The zero-order valence-corrected chi connectivity index (χ0v) is 19.1.